The predicted octanol–water partition coefficient (Wildman–Crippen LogP) is 5.70. The SMILES string of the molecule is O=C(O)CCc1ccc(SC(=O)CCOCCNC(=S)Nc2ccc3c(c2)C(=O)OC32c3ccc(O)cc3Oc3cc(O)ccc32)cc1. The van der Waals surface area contributed by atoms with Crippen molar-refractivity contribution in [2.24, 2.45) is 0 Å². The number of nitrogens with one attached hydrogen (secondary N) is 2. The van der Waals surface area contributed by atoms with Crippen LogP contribution < -0.4 is 15.4 Å². The van der Waals surface area contributed by atoms with E-state index in [0.717, 1.165) is 22.2 Å². The maximum atomic E-state index is 13.3. The molecule has 0 atom stereocenters. The molecule has 11 nitrogen and oxygen atoms in total. The monoisotopic (exact) mass is 686 g/mol. The minimum absolute atomic E-state index is 0.0227. The number of anilines is 1. The Morgan fingerprint density at radius 2 is 1.52 bits per heavy atom. The summed E-state index contributed by atoms with van der Waals surface area (Å²) >= 11 is 6.54. The van der Waals surface area contributed by atoms with Gasteiger partial charge in [0, 0.05) is 58.8 Å². The Bertz CT molecular complexity index is 1860. The zero-order valence-electron chi connectivity index (χ0n) is 25.4. The number of hydrogen-bond acceptors (Lipinski definition) is 10. The molecule has 6 rings (SSSR count). The van der Waals surface area contributed by atoms with E-state index in [4.69, 9.17) is 31.5 Å². The van der Waals surface area contributed by atoms with E-state index in [1.165, 1.54) is 24.3 Å². The fourth-order valence-corrected chi connectivity index (χ4v) is 6.55. The van der Waals surface area contributed by atoms with Crippen LogP contribution in [0, 0.1) is 0 Å². The van der Waals surface area contributed by atoms with Crippen LogP contribution in [0.15, 0.2) is 83.8 Å². The zero-order valence-corrected chi connectivity index (χ0v) is 27.0. The number of aromatic hydroxyl groups is 2. The molecule has 0 bridgehead atoms. The first-order chi connectivity index (χ1) is 23.1. The van der Waals surface area contributed by atoms with Crippen molar-refractivity contribution in [3.05, 3.63) is 107 Å². The summed E-state index contributed by atoms with van der Waals surface area (Å²) in [7, 11) is 0. The summed E-state index contributed by atoms with van der Waals surface area (Å²) in [6.45, 7) is 0.938. The molecule has 0 aromatic heterocycles. The van der Waals surface area contributed by atoms with Gasteiger partial charge in [0.05, 0.1) is 18.8 Å². The van der Waals surface area contributed by atoms with E-state index in [-0.39, 0.29) is 36.1 Å². The number of hydrogen-bond donors (Lipinski definition) is 5. The van der Waals surface area contributed by atoms with Crippen molar-refractivity contribution in [2.75, 3.05) is 25.1 Å². The largest absolute Gasteiger partial charge is 0.508 e. The summed E-state index contributed by atoms with van der Waals surface area (Å²) in [5.74, 6) is -0.849. The maximum absolute atomic E-state index is 13.3. The molecule has 0 saturated carbocycles. The Morgan fingerprint density at radius 3 is 2.19 bits per heavy atom. The van der Waals surface area contributed by atoms with Crippen molar-refractivity contribution in [1.82, 2.24) is 5.32 Å². The maximum Gasteiger partial charge on any atom is 0.340 e. The van der Waals surface area contributed by atoms with Crippen LogP contribution in [-0.2, 0) is 31.1 Å². The third-order valence-electron chi connectivity index (χ3n) is 7.80. The molecule has 5 N–H and O–H groups in total. The van der Waals surface area contributed by atoms with E-state index in [9.17, 15) is 24.6 Å². The molecule has 4 aromatic rings. The number of phenolic OH excluding ortho intramolecular Hbond substituents is 2. The van der Waals surface area contributed by atoms with Crippen LogP contribution in [0.2, 0.25) is 0 Å². The summed E-state index contributed by atoms with van der Waals surface area (Å²) < 4.78 is 17.7. The Hall–Kier alpha value is -5.11. The number of aliphatic carboxylic acids is 1. The smallest absolute Gasteiger partial charge is 0.340 e. The molecule has 246 valence electrons. The number of ether oxygens (including phenoxy) is 3. The highest BCUT2D eigenvalue weighted by Gasteiger charge is 2.53. The highest BCUT2D eigenvalue weighted by Crippen LogP contribution is 2.57. The number of aryl methyl sites for hydroxylation is 1. The molecule has 0 radical (unpaired) electrons. The summed E-state index contributed by atoms with van der Waals surface area (Å²) in [5.41, 5.74) is 2.08. The van der Waals surface area contributed by atoms with E-state index in [1.54, 1.807) is 30.3 Å². The molecular weight excluding hydrogens is 657 g/mol. The van der Waals surface area contributed by atoms with Crippen molar-refractivity contribution >= 4 is 51.8 Å². The first-order valence-electron chi connectivity index (χ1n) is 15.0. The minimum Gasteiger partial charge on any atom is -0.508 e. The van der Waals surface area contributed by atoms with Crippen molar-refractivity contribution < 1.29 is 43.9 Å². The Balaban J connectivity index is 1.01. The Kier molecular flexibility index (Phi) is 9.53. The molecule has 0 unspecified atom stereocenters. The summed E-state index contributed by atoms with van der Waals surface area (Å²) in [5, 5.41) is 35.4. The average Bonchev–Trinajstić information content (AvgIpc) is 3.33. The van der Waals surface area contributed by atoms with Gasteiger partial charge in [-0.25, -0.2) is 4.79 Å². The molecule has 48 heavy (non-hydrogen) atoms. The van der Waals surface area contributed by atoms with Gasteiger partial charge in [0.1, 0.15) is 23.0 Å². The molecule has 2 heterocycles. The van der Waals surface area contributed by atoms with Gasteiger partial charge >= 0.3 is 11.9 Å². The third kappa shape index (κ3) is 6.93. The predicted molar refractivity (Wildman–Crippen MR) is 181 cm³/mol. The quantitative estimate of drug-likeness (QED) is 0.0566. The van der Waals surface area contributed by atoms with Crippen molar-refractivity contribution in [1.29, 1.82) is 0 Å². The second-order valence-corrected chi connectivity index (χ2v) is 12.6. The molecule has 13 heteroatoms. The number of rotatable bonds is 11. The number of carbonyl (C=O) groups is 3. The second kappa shape index (κ2) is 13.9. The van der Waals surface area contributed by atoms with E-state index < -0.39 is 17.5 Å². The lowest BCUT2D eigenvalue weighted by Gasteiger charge is -2.36. The number of carbonyl (C=O) groups excluding carboxylic acids is 2. The zero-order chi connectivity index (χ0) is 33.8. The molecule has 2 aliphatic heterocycles. The summed E-state index contributed by atoms with van der Waals surface area (Å²) in [4.78, 5) is 37.1. The minimum atomic E-state index is -1.35. The lowest BCUT2D eigenvalue weighted by Crippen LogP contribution is -2.33. The third-order valence-corrected chi connectivity index (χ3v) is 8.98. The highest BCUT2D eigenvalue weighted by molar-refractivity contribution is 8.13. The first-order valence-corrected chi connectivity index (χ1v) is 16.2. The second-order valence-electron chi connectivity index (χ2n) is 11.0. The van der Waals surface area contributed by atoms with E-state index in [1.807, 2.05) is 24.3 Å². The topological polar surface area (TPSA) is 164 Å². The van der Waals surface area contributed by atoms with Gasteiger partial charge in [0.25, 0.3) is 0 Å². The number of thiocarbonyl (C=S) groups is 1. The number of fused-ring (bicyclic) bond motifs is 6. The van der Waals surface area contributed by atoms with E-state index in [0.29, 0.717) is 64.1 Å². The molecule has 1 spiro atoms. The van der Waals surface area contributed by atoms with Crippen molar-refractivity contribution in [2.45, 2.75) is 29.8 Å². The van der Waals surface area contributed by atoms with Crippen LogP contribution in [0.5, 0.6) is 23.0 Å². The molecule has 0 saturated heterocycles. The number of esters is 1. The molecule has 0 amide bonds. The van der Waals surface area contributed by atoms with Crippen LogP contribution in [0.4, 0.5) is 5.69 Å². The number of thioether (sulfide) groups is 1. The van der Waals surface area contributed by atoms with Gasteiger partial charge in [0.2, 0.25) is 0 Å². The number of benzene rings is 4. The number of phenols is 2. The van der Waals surface area contributed by atoms with E-state index in [2.05, 4.69) is 10.6 Å². The molecule has 0 aliphatic carbocycles. The molecule has 0 fully saturated rings. The van der Waals surface area contributed by atoms with Gasteiger partial charge in [-0.15, -0.1) is 0 Å². The van der Waals surface area contributed by atoms with Crippen LogP contribution in [0.1, 0.15) is 45.5 Å². The average molecular weight is 687 g/mol. The van der Waals surface area contributed by atoms with E-state index >= 15 is 0 Å². The molecule has 4 aromatic carbocycles. The summed E-state index contributed by atoms with van der Waals surface area (Å²) in [6.07, 6.45) is 0.733. The van der Waals surface area contributed by atoms with Gasteiger partial charge in [0.15, 0.2) is 15.8 Å². The Labute approximate surface area is 284 Å². The number of carboxylic acid groups (broad SMARTS) is 1. The van der Waals surface area contributed by atoms with Crippen LogP contribution in [0.25, 0.3) is 0 Å². The van der Waals surface area contributed by atoms with Gasteiger partial charge in [-0.05, 0) is 72.7 Å². The van der Waals surface area contributed by atoms with Crippen molar-refractivity contribution in [3.8, 4) is 23.0 Å². The van der Waals surface area contributed by atoms with Gasteiger partial charge in [-0.1, -0.05) is 30.0 Å². The Morgan fingerprint density at radius 1 is 0.854 bits per heavy atom. The fraction of sp³-hybridized carbons (Fsp3) is 0.200. The van der Waals surface area contributed by atoms with Crippen LogP contribution in [-0.4, -0.2) is 57.2 Å². The van der Waals surface area contributed by atoms with Gasteiger partial charge in [-0.3, -0.25) is 9.59 Å². The fourth-order valence-electron chi connectivity index (χ4n) is 5.61. The van der Waals surface area contributed by atoms with Crippen molar-refractivity contribution in [3.63, 3.8) is 0 Å². The molecular formula is C35H30N2O9S2. The lowest BCUT2D eigenvalue weighted by atomic mass is 9.77. The standard InChI is InChI=1S/C35H30N2O9S2/c38-22-5-10-27-29(18-22)45-30-19-23(39)6-11-28(30)35(27)26-9-4-21(17-25(26)33(43)46-35)37-34(47)36-14-16-44-15-13-32(42)48-24-7-1-20(2-8-24)3-12-31(40)41/h1-2,4-11,17-19,38-39H,3,12-16H2,(H,40,41)(H2,36,37,47). The normalized spacial score (nSPS) is 13.5. The highest BCUT2D eigenvalue weighted by atomic mass is 32.2. The summed E-state index contributed by atoms with van der Waals surface area (Å²) in [6, 6.07) is 21.6. The van der Waals surface area contributed by atoms with Gasteiger partial charge in [-0.2, -0.15) is 0 Å². The van der Waals surface area contributed by atoms with Crippen LogP contribution in [0.3, 0.4) is 0 Å². The van der Waals surface area contributed by atoms with Crippen LogP contribution >= 0.6 is 24.0 Å². The lowest BCUT2D eigenvalue weighted by molar-refractivity contribution is -0.137. The number of carboxylic acids is 1. The van der Waals surface area contributed by atoms with Gasteiger partial charge < -0.3 is 40.2 Å². The first kappa shape index (κ1) is 32.8. The molecule has 2 aliphatic rings.